The van der Waals surface area contributed by atoms with Gasteiger partial charge in [0.05, 0.1) is 11.6 Å². The summed E-state index contributed by atoms with van der Waals surface area (Å²) in [5, 5.41) is 3.32. The highest BCUT2D eigenvalue weighted by atomic mass is 16.4. The number of amides is 1. The minimum absolute atomic E-state index is 0.0914. The van der Waals surface area contributed by atoms with Crippen LogP contribution >= 0.6 is 0 Å². The van der Waals surface area contributed by atoms with Crippen LogP contribution in [0.15, 0.2) is 28.7 Å². The first-order valence-electron chi connectivity index (χ1n) is 11.1. The van der Waals surface area contributed by atoms with Gasteiger partial charge in [0, 0.05) is 24.7 Å². The van der Waals surface area contributed by atoms with Crippen molar-refractivity contribution in [1.82, 2.24) is 15.2 Å². The van der Waals surface area contributed by atoms with Gasteiger partial charge in [-0.3, -0.25) is 9.69 Å². The van der Waals surface area contributed by atoms with Gasteiger partial charge in [0.25, 0.3) is 0 Å². The molecule has 1 saturated heterocycles. The predicted octanol–water partition coefficient (Wildman–Crippen LogP) is 4.62. The summed E-state index contributed by atoms with van der Waals surface area (Å²) in [6, 6.07) is 8.57. The zero-order valence-corrected chi connectivity index (χ0v) is 17.7. The first kappa shape index (κ1) is 20.1. The van der Waals surface area contributed by atoms with Crippen LogP contribution in [-0.2, 0) is 11.3 Å². The minimum atomic E-state index is 0.0914. The Morgan fingerprint density at radius 2 is 1.93 bits per heavy atom. The number of oxazole rings is 1. The van der Waals surface area contributed by atoms with Gasteiger partial charge in [-0.1, -0.05) is 37.5 Å². The quantitative estimate of drug-likeness (QED) is 0.803. The van der Waals surface area contributed by atoms with Crippen molar-refractivity contribution in [2.24, 2.45) is 5.92 Å². The van der Waals surface area contributed by atoms with Crippen molar-refractivity contribution in [3.8, 4) is 11.5 Å². The van der Waals surface area contributed by atoms with Crippen LogP contribution < -0.4 is 5.32 Å². The number of nitrogens with one attached hydrogen (secondary N) is 1. The van der Waals surface area contributed by atoms with E-state index >= 15 is 0 Å². The summed E-state index contributed by atoms with van der Waals surface area (Å²) in [7, 11) is 0. The number of aryl methyl sites for hydroxylation is 2. The highest BCUT2D eigenvalue weighted by Crippen LogP contribution is 2.27. The fourth-order valence-electron chi connectivity index (χ4n) is 4.69. The second kappa shape index (κ2) is 9.12. The number of aromatic nitrogens is 1. The Hall–Kier alpha value is -2.14. The van der Waals surface area contributed by atoms with Crippen molar-refractivity contribution in [3.05, 3.63) is 41.3 Å². The van der Waals surface area contributed by atoms with E-state index in [1.165, 1.54) is 19.3 Å². The van der Waals surface area contributed by atoms with Crippen LogP contribution in [0.25, 0.3) is 11.5 Å². The third-order valence-corrected chi connectivity index (χ3v) is 6.47. The van der Waals surface area contributed by atoms with Gasteiger partial charge in [0.1, 0.15) is 5.76 Å². The molecule has 0 bridgehead atoms. The molecule has 2 heterocycles. The van der Waals surface area contributed by atoms with Gasteiger partial charge in [-0.15, -0.1) is 0 Å². The molecular weight excluding hydrogens is 362 g/mol. The van der Waals surface area contributed by atoms with Crippen LogP contribution in [0.3, 0.4) is 0 Å². The van der Waals surface area contributed by atoms with Crippen molar-refractivity contribution >= 4 is 5.91 Å². The van der Waals surface area contributed by atoms with Gasteiger partial charge in [0.2, 0.25) is 11.8 Å². The molecule has 1 N–H and O–H groups in total. The number of rotatable bonds is 5. The smallest absolute Gasteiger partial charge is 0.226 e. The fraction of sp³-hybridized carbons (Fsp3) is 0.583. The molecule has 0 radical (unpaired) electrons. The molecule has 2 fully saturated rings. The van der Waals surface area contributed by atoms with Crippen LogP contribution in [0.4, 0.5) is 0 Å². The van der Waals surface area contributed by atoms with Gasteiger partial charge in [-0.05, 0) is 57.7 Å². The lowest BCUT2D eigenvalue weighted by molar-refractivity contribution is -0.127. The van der Waals surface area contributed by atoms with Gasteiger partial charge in [-0.25, -0.2) is 4.98 Å². The lowest BCUT2D eigenvalue weighted by Gasteiger charge is -2.33. The molecule has 2 aromatic rings. The van der Waals surface area contributed by atoms with E-state index < -0.39 is 0 Å². The SMILES string of the molecule is Cc1ccccc1-c1nc(CN2CCCC(C(=O)NC3CCCCC3)C2)c(C)o1. The van der Waals surface area contributed by atoms with E-state index in [1.54, 1.807) is 0 Å². The van der Waals surface area contributed by atoms with Crippen molar-refractivity contribution in [1.29, 1.82) is 0 Å². The normalized spacial score (nSPS) is 21.2. The Morgan fingerprint density at radius 3 is 2.72 bits per heavy atom. The first-order chi connectivity index (χ1) is 14.1. The Labute approximate surface area is 173 Å². The molecule has 29 heavy (non-hydrogen) atoms. The molecule has 156 valence electrons. The molecule has 1 unspecified atom stereocenters. The monoisotopic (exact) mass is 395 g/mol. The number of carbonyl (C=O) groups excluding carboxylic acids is 1. The topological polar surface area (TPSA) is 58.4 Å². The summed E-state index contributed by atoms with van der Waals surface area (Å²) in [5.41, 5.74) is 3.19. The second-order valence-corrected chi connectivity index (χ2v) is 8.75. The van der Waals surface area contributed by atoms with Crippen LogP contribution in [0.2, 0.25) is 0 Å². The predicted molar refractivity (Wildman–Crippen MR) is 114 cm³/mol. The largest absolute Gasteiger partial charge is 0.441 e. The maximum absolute atomic E-state index is 12.8. The summed E-state index contributed by atoms with van der Waals surface area (Å²) in [6.07, 6.45) is 8.13. The molecule has 1 aliphatic heterocycles. The standard InChI is InChI=1S/C24H33N3O2/c1-17-9-6-7-13-21(17)24-26-22(18(2)29-24)16-27-14-8-10-19(15-27)23(28)25-20-11-4-3-5-12-20/h6-7,9,13,19-20H,3-5,8,10-12,14-16H2,1-2H3,(H,25,28). The highest BCUT2D eigenvalue weighted by molar-refractivity contribution is 5.79. The molecule has 2 aliphatic rings. The van der Waals surface area contributed by atoms with Gasteiger partial charge >= 0.3 is 0 Å². The number of benzene rings is 1. The van der Waals surface area contributed by atoms with Crippen LogP contribution in [0, 0.1) is 19.8 Å². The van der Waals surface area contributed by atoms with E-state index in [-0.39, 0.29) is 11.8 Å². The van der Waals surface area contributed by atoms with E-state index in [1.807, 2.05) is 19.1 Å². The average Bonchev–Trinajstić information content (AvgIpc) is 3.09. The lowest BCUT2D eigenvalue weighted by Crippen LogP contribution is -2.46. The Morgan fingerprint density at radius 1 is 1.14 bits per heavy atom. The van der Waals surface area contributed by atoms with Crippen LogP contribution in [-0.4, -0.2) is 34.9 Å². The Kier molecular flexibility index (Phi) is 6.34. The highest BCUT2D eigenvalue weighted by Gasteiger charge is 2.28. The number of carbonyl (C=O) groups is 1. The maximum Gasteiger partial charge on any atom is 0.226 e. The molecule has 1 atom stereocenters. The zero-order chi connectivity index (χ0) is 20.2. The summed E-state index contributed by atoms with van der Waals surface area (Å²) in [5.74, 6) is 1.91. The summed E-state index contributed by atoms with van der Waals surface area (Å²) in [6.45, 7) is 6.63. The molecule has 1 saturated carbocycles. The van der Waals surface area contributed by atoms with Gasteiger partial charge in [-0.2, -0.15) is 0 Å². The first-order valence-corrected chi connectivity index (χ1v) is 11.1. The molecule has 1 aromatic heterocycles. The molecular formula is C24H33N3O2. The molecule has 4 rings (SSSR count). The van der Waals surface area contributed by atoms with Crippen LogP contribution in [0.5, 0.6) is 0 Å². The molecule has 0 spiro atoms. The van der Waals surface area contributed by atoms with Gasteiger partial charge in [0.15, 0.2) is 0 Å². The van der Waals surface area contributed by atoms with Crippen molar-refractivity contribution in [2.75, 3.05) is 13.1 Å². The van der Waals surface area contributed by atoms with E-state index in [0.717, 1.165) is 67.9 Å². The summed E-state index contributed by atoms with van der Waals surface area (Å²) < 4.78 is 5.98. The lowest BCUT2D eigenvalue weighted by atomic mass is 9.93. The van der Waals surface area contributed by atoms with Crippen LogP contribution in [0.1, 0.15) is 62.0 Å². The average molecular weight is 396 g/mol. The number of piperidine rings is 1. The number of nitrogens with zero attached hydrogens (tertiary/aromatic N) is 2. The number of hydrogen-bond acceptors (Lipinski definition) is 4. The molecule has 1 aliphatic carbocycles. The second-order valence-electron chi connectivity index (χ2n) is 8.75. The molecule has 5 heteroatoms. The molecule has 5 nitrogen and oxygen atoms in total. The summed E-state index contributed by atoms with van der Waals surface area (Å²) >= 11 is 0. The molecule has 1 amide bonds. The van der Waals surface area contributed by atoms with Crippen molar-refractivity contribution < 1.29 is 9.21 Å². The maximum atomic E-state index is 12.8. The Balaban J connectivity index is 1.38. The van der Waals surface area contributed by atoms with Crippen molar-refractivity contribution in [3.63, 3.8) is 0 Å². The van der Waals surface area contributed by atoms with E-state index in [9.17, 15) is 4.79 Å². The van der Waals surface area contributed by atoms with Gasteiger partial charge < -0.3 is 9.73 Å². The minimum Gasteiger partial charge on any atom is -0.441 e. The van der Waals surface area contributed by atoms with E-state index in [4.69, 9.17) is 9.40 Å². The number of hydrogen-bond donors (Lipinski definition) is 1. The third-order valence-electron chi connectivity index (χ3n) is 6.47. The summed E-state index contributed by atoms with van der Waals surface area (Å²) in [4.78, 5) is 19.9. The van der Waals surface area contributed by atoms with E-state index in [0.29, 0.717) is 11.9 Å². The third kappa shape index (κ3) is 4.89. The van der Waals surface area contributed by atoms with E-state index in [2.05, 4.69) is 29.3 Å². The molecule has 1 aromatic carbocycles. The zero-order valence-electron chi connectivity index (χ0n) is 17.7. The fourth-order valence-corrected chi connectivity index (χ4v) is 4.69. The Bertz CT molecular complexity index is 838. The number of likely N-dealkylation sites (tertiary alicyclic amines) is 1. The van der Waals surface area contributed by atoms with Crippen molar-refractivity contribution in [2.45, 2.75) is 71.4 Å².